The van der Waals surface area contributed by atoms with Crippen molar-refractivity contribution in [1.29, 1.82) is 0 Å². The maximum atomic E-state index is 13.0. The lowest BCUT2D eigenvalue weighted by molar-refractivity contribution is -0.122. The second-order valence-electron chi connectivity index (χ2n) is 7.12. The Bertz CT molecular complexity index is 1270. The minimum absolute atomic E-state index is 0.148. The molecule has 1 saturated heterocycles. The minimum atomic E-state index is -1.02. The second-order valence-corrected chi connectivity index (χ2v) is 7.12. The van der Waals surface area contributed by atoms with Gasteiger partial charge in [-0.25, -0.2) is 14.5 Å². The van der Waals surface area contributed by atoms with Gasteiger partial charge in [0.25, 0.3) is 11.8 Å². The molecular weight excluding hydrogens is 424 g/mol. The van der Waals surface area contributed by atoms with E-state index in [9.17, 15) is 19.2 Å². The van der Waals surface area contributed by atoms with Crippen molar-refractivity contribution in [2.45, 2.75) is 6.61 Å². The van der Waals surface area contributed by atoms with Gasteiger partial charge in [0, 0.05) is 5.56 Å². The highest BCUT2D eigenvalue weighted by Gasteiger charge is 2.36. The first-order valence-electron chi connectivity index (χ1n) is 9.94. The molecule has 4 amide bonds. The van der Waals surface area contributed by atoms with E-state index in [0.29, 0.717) is 17.0 Å². The Morgan fingerprint density at radius 2 is 1.58 bits per heavy atom. The molecule has 33 heavy (non-hydrogen) atoms. The number of anilines is 1. The third-order valence-electron chi connectivity index (χ3n) is 4.93. The Labute approximate surface area is 188 Å². The van der Waals surface area contributed by atoms with Gasteiger partial charge in [-0.2, -0.15) is 0 Å². The van der Waals surface area contributed by atoms with Crippen molar-refractivity contribution in [3.63, 3.8) is 0 Å². The molecule has 0 unspecified atom stereocenters. The third kappa shape index (κ3) is 4.64. The lowest BCUT2D eigenvalue weighted by atomic mass is 10.1. The molecule has 164 valence electrons. The number of barbiturate groups is 1. The van der Waals surface area contributed by atoms with Crippen molar-refractivity contribution in [2.24, 2.45) is 0 Å². The number of amides is 4. The SMILES string of the molecule is O=C1NC(=O)N(c2ccccc2)C(=O)/C1=C/c1ccccc1OCc1ccc(C(=O)O)cc1. The highest BCUT2D eigenvalue weighted by molar-refractivity contribution is 6.39. The monoisotopic (exact) mass is 442 g/mol. The van der Waals surface area contributed by atoms with Gasteiger partial charge in [-0.1, -0.05) is 48.5 Å². The Morgan fingerprint density at radius 3 is 2.27 bits per heavy atom. The first kappa shape index (κ1) is 21.5. The number of rotatable bonds is 6. The summed E-state index contributed by atoms with van der Waals surface area (Å²) in [5.74, 6) is -2.14. The molecule has 8 nitrogen and oxygen atoms in total. The van der Waals surface area contributed by atoms with E-state index in [1.165, 1.54) is 18.2 Å². The van der Waals surface area contributed by atoms with Crippen molar-refractivity contribution in [3.8, 4) is 5.75 Å². The molecule has 0 aliphatic carbocycles. The van der Waals surface area contributed by atoms with E-state index in [-0.39, 0.29) is 17.7 Å². The fourth-order valence-electron chi connectivity index (χ4n) is 3.26. The molecule has 0 bridgehead atoms. The quantitative estimate of drug-likeness (QED) is 0.445. The summed E-state index contributed by atoms with van der Waals surface area (Å²) in [5, 5.41) is 11.2. The molecule has 1 heterocycles. The van der Waals surface area contributed by atoms with E-state index < -0.39 is 23.8 Å². The van der Waals surface area contributed by atoms with Crippen molar-refractivity contribution in [1.82, 2.24) is 5.32 Å². The summed E-state index contributed by atoms with van der Waals surface area (Å²) in [5.41, 5.74) is 1.52. The van der Waals surface area contributed by atoms with Crippen LogP contribution in [0.25, 0.3) is 6.08 Å². The standard InChI is InChI=1S/C25H18N2O6/c28-22-20(23(29)27(25(32)26-22)19-7-2-1-3-8-19)14-18-6-4-5-9-21(18)33-15-16-10-12-17(13-11-16)24(30)31/h1-14H,15H2,(H,30,31)(H,26,28,32)/b20-14+. The zero-order valence-corrected chi connectivity index (χ0v) is 17.2. The summed E-state index contributed by atoms with van der Waals surface area (Å²) in [4.78, 5) is 49.6. The number of carboxylic acid groups (broad SMARTS) is 1. The lowest BCUT2D eigenvalue weighted by Gasteiger charge is -2.26. The molecule has 0 spiro atoms. The van der Waals surface area contributed by atoms with Crippen molar-refractivity contribution in [3.05, 3.63) is 101 Å². The number of urea groups is 1. The predicted octanol–water partition coefficient (Wildman–Crippen LogP) is 3.63. The molecule has 3 aromatic rings. The number of hydrogen-bond acceptors (Lipinski definition) is 5. The van der Waals surface area contributed by atoms with Gasteiger partial charge >= 0.3 is 12.0 Å². The van der Waals surface area contributed by atoms with Crippen molar-refractivity contribution in [2.75, 3.05) is 4.90 Å². The van der Waals surface area contributed by atoms with Gasteiger partial charge in [-0.15, -0.1) is 0 Å². The number of nitrogens with one attached hydrogen (secondary N) is 1. The molecule has 2 N–H and O–H groups in total. The number of para-hydroxylation sites is 2. The van der Waals surface area contributed by atoms with Gasteiger partial charge in [0.1, 0.15) is 17.9 Å². The number of carboxylic acids is 1. The summed E-state index contributed by atoms with van der Waals surface area (Å²) in [7, 11) is 0. The van der Waals surface area contributed by atoms with Gasteiger partial charge < -0.3 is 9.84 Å². The van der Waals surface area contributed by atoms with Crippen LogP contribution >= 0.6 is 0 Å². The van der Waals surface area contributed by atoms with Crippen LogP contribution in [-0.2, 0) is 16.2 Å². The summed E-state index contributed by atoms with van der Waals surface area (Å²) >= 11 is 0. The zero-order chi connectivity index (χ0) is 23.4. The smallest absolute Gasteiger partial charge is 0.335 e. The molecule has 0 atom stereocenters. The Balaban J connectivity index is 1.59. The Kier molecular flexibility index (Phi) is 5.99. The zero-order valence-electron chi connectivity index (χ0n) is 17.2. The largest absolute Gasteiger partial charge is 0.488 e. The van der Waals surface area contributed by atoms with Crippen LogP contribution < -0.4 is 15.0 Å². The van der Waals surface area contributed by atoms with E-state index in [1.807, 2.05) is 0 Å². The Morgan fingerprint density at radius 1 is 0.909 bits per heavy atom. The number of imide groups is 2. The maximum Gasteiger partial charge on any atom is 0.335 e. The van der Waals surface area contributed by atoms with Crippen LogP contribution in [0.5, 0.6) is 5.75 Å². The van der Waals surface area contributed by atoms with E-state index in [1.54, 1.807) is 66.7 Å². The van der Waals surface area contributed by atoms with Crippen LogP contribution in [-0.4, -0.2) is 28.9 Å². The van der Waals surface area contributed by atoms with E-state index in [4.69, 9.17) is 9.84 Å². The van der Waals surface area contributed by atoms with Gasteiger partial charge in [0.05, 0.1) is 11.3 Å². The van der Waals surface area contributed by atoms with Gasteiger partial charge in [0.2, 0.25) is 0 Å². The van der Waals surface area contributed by atoms with Crippen LogP contribution in [0.1, 0.15) is 21.5 Å². The average molecular weight is 442 g/mol. The number of carbonyl (C=O) groups excluding carboxylic acids is 3. The summed E-state index contributed by atoms with van der Waals surface area (Å²) < 4.78 is 5.85. The van der Waals surface area contributed by atoms with Gasteiger partial charge in [-0.05, 0) is 42.0 Å². The lowest BCUT2D eigenvalue weighted by Crippen LogP contribution is -2.54. The highest BCUT2D eigenvalue weighted by Crippen LogP contribution is 2.26. The van der Waals surface area contributed by atoms with E-state index in [2.05, 4.69) is 5.32 Å². The first-order valence-corrected chi connectivity index (χ1v) is 9.94. The maximum absolute atomic E-state index is 13.0. The first-order chi connectivity index (χ1) is 15.9. The molecule has 1 fully saturated rings. The van der Waals surface area contributed by atoms with Crippen molar-refractivity contribution < 1.29 is 29.0 Å². The van der Waals surface area contributed by atoms with Crippen molar-refractivity contribution >= 4 is 35.6 Å². The Hall–Kier alpha value is -4.72. The van der Waals surface area contributed by atoms with Crippen LogP contribution in [0.4, 0.5) is 10.5 Å². The number of benzene rings is 3. The molecule has 8 heteroatoms. The molecule has 0 aromatic heterocycles. The summed E-state index contributed by atoms with van der Waals surface area (Å²) in [6, 6.07) is 20.6. The number of nitrogens with zero attached hydrogens (tertiary/aromatic N) is 1. The second kappa shape index (κ2) is 9.19. The average Bonchev–Trinajstić information content (AvgIpc) is 2.82. The number of hydrogen-bond donors (Lipinski definition) is 2. The number of carbonyl (C=O) groups is 4. The normalized spacial score (nSPS) is 14.8. The number of ether oxygens (including phenoxy) is 1. The topological polar surface area (TPSA) is 113 Å². The molecular formula is C25H18N2O6. The molecule has 0 saturated carbocycles. The summed E-state index contributed by atoms with van der Waals surface area (Å²) in [6.07, 6.45) is 1.38. The van der Waals surface area contributed by atoms with Crippen LogP contribution in [0.2, 0.25) is 0 Å². The van der Waals surface area contributed by atoms with E-state index in [0.717, 1.165) is 10.5 Å². The minimum Gasteiger partial charge on any atom is -0.488 e. The van der Waals surface area contributed by atoms with Gasteiger partial charge in [-0.3, -0.25) is 14.9 Å². The predicted molar refractivity (Wildman–Crippen MR) is 120 cm³/mol. The highest BCUT2D eigenvalue weighted by atomic mass is 16.5. The van der Waals surface area contributed by atoms with E-state index >= 15 is 0 Å². The molecule has 4 rings (SSSR count). The molecule has 1 aliphatic rings. The fourth-order valence-corrected chi connectivity index (χ4v) is 3.26. The van der Waals surface area contributed by atoms with Crippen LogP contribution in [0.15, 0.2) is 84.4 Å². The molecule has 0 radical (unpaired) electrons. The van der Waals surface area contributed by atoms with Gasteiger partial charge in [0.15, 0.2) is 0 Å². The third-order valence-corrected chi connectivity index (χ3v) is 4.93. The summed E-state index contributed by atoms with van der Waals surface area (Å²) in [6.45, 7) is 0.148. The molecule has 1 aliphatic heterocycles. The fraction of sp³-hybridized carbons (Fsp3) is 0.0400. The number of aromatic carboxylic acids is 1. The molecule has 3 aromatic carbocycles. The van der Waals surface area contributed by atoms with Crippen LogP contribution in [0.3, 0.4) is 0 Å². The van der Waals surface area contributed by atoms with Crippen LogP contribution in [0, 0.1) is 0 Å².